The molecule has 1 aromatic rings. The third-order valence-electron chi connectivity index (χ3n) is 3.43. The molecule has 4 heteroatoms. The van der Waals surface area contributed by atoms with E-state index in [1.807, 2.05) is 39.8 Å². The Bertz CT molecular complexity index is 472. The lowest BCUT2D eigenvalue weighted by molar-refractivity contribution is -0.127. The van der Waals surface area contributed by atoms with E-state index in [1.165, 1.54) is 0 Å². The number of ether oxygens (including phenoxy) is 1. The van der Waals surface area contributed by atoms with Crippen molar-refractivity contribution >= 4 is 5.91 Å². The Labute approximate surface area is 128 Å². The molecule has 0 fully saturated rings. The van der Waals surface area contributed by atoms with Crippen LogP contribution in [0.5, 0.6) is 5.75 Å². The molecule has 1 rings (SSSR count). The van der Waals surface area contributed by atoms with Crippen LogP contribution in [0.25, 0.3) is 0 Å². The summed E-state index contributed by atoms with van der Waals surface area (Å²) >= 11 is 0. The normalized spacial score (nSPS) is 15.1. The van der Waals surface area contributed by atoms with Crippen molar-refractivity contribution in [2.24, 2.45) is 5.73 Å². The van der Waals surface area contributed by atoms with E-state index in [1.54, 1.807) is 6.92 Å². The molecular formula is C17H28N2O2. The van der Waals surface area contributed by atoms with Crippen molar-refractivity contribution in [1.82, 2.24) is 5.32 Å². The highest BCUT2D eigenvalue weighted by Gasteiger charge is 2.18. The van der Waals surface area contributed by atoms with Crippen LogP contribution < -0.4 is 15.8 Å². The first-order valence-electron chi connectivity index (χ1n) is 7.65. The topological polar surface area (TPSA) is 64.3 Å². The molecule has 0 radical (unpaired) electrons. The second kappa shape index (κ2) is 8.03. The molecule has 0 aliphatic heterocycles. The highest BCUT2D eigenvalue weighted by molar-refractivity contribution is 5.81. The number of benzene rings is 1. The first kappa shape index (κ1) is 17.5. The summed E-state index contributed by atoms with van der Waals surface area (Å²) in [4.78, 5) is 12.1. The Morgan fingerprint density at radius 1 is 1.33 bits per heavy atom. The van der Waals surface area contributed by atoms with Gasteiger partial charge in [0.1, 0.15) is 5.75 Å². The molecule has 3 N–H and O–H groups in total. The van der Waals surface area contributed by atoms with Crippen molar-refractivity contribution in [1.29, 1.82) is 0 Å². The van der Waals surface area contributed by atoms with Crippen LogP contribution in [0, 0.1) is 6.92 Å². The lowest BCUT2D eigenvalue weighted by atomic mass is 10.0. The Morgan fingerprint density at radius 2 is 2.00 bits per heavy atom. The fraction of sp³-hybridized carbons (Fsp3) is 0.588. The third-order valence-corrected chi connectivity index (χ3v) is 3.43. The smallest absolute Gasteiger partial charge is 0.260 e. The van der Waals surface area contributed by atoms with Gasteiger partial charge in [-0.3, -0.25) is 4.79 Å². The number of aryl methyl sites for hydroxylation is 1. The van der Waals surface area contributed by atoms with E-state index < -0.39 is 6.10 Å². The molecule has 0 spiro atoms. The number of carbonyl (C=O) groups excluding carboxylic acids is 1. The maximum absolute atomic E-state index is 12.1. The molecule has 0 heterocycles. The molecule has 3 unspecified atom stereocenters. The van der Waals surface area contributed by atoms with Gasteiger partial charge in [0.15, 0.2) is 6.10 Å². The van der Waals surface area contributed by atoms with Crippen molar-refractivity contribution in [2.75, 3.05) is 0 Å². The van der Waals surface area contributed by atoms with Gasteiger partial charge in [-0.25, -0.2) is 0 Å². The standard InChI is InChI=1S/C17H28N2O2/c1-6-13(4)19-17(20)14(5)21-16-8-7-11(2)9-15(16)10-12(3)18/h7-9,12-14H,6,10,18H2,1-5H3,(H,19,20). The van der Waals surface area contributed by atoms with E-state index in [0.29, 0.717) is 0 Å². The second-order valence-corrected chi connectivity index (χ2v) is 5.87. The fourth-order valence-electron chi connectivity index (χ4n) is 2.04. The number of hydrogen-bond acceptors (Lipinski definition) is 3. The summed E-state index contributed by atoms with van der Waals surface area (Å²) in [5, 5.41) is 2.93. The average molecular weight is 292 g/mol. The summed E-state index contributed by atoms with van der Waals surface area (Å²) in [6, 6.07) is 6.18. The van der Waals surface area contributed by atoms with Crippen molar-refractivity contribution in [3.05, 3.63) is 29.3 Å². The van der Waals surface area contributed by atoms with Crippen LogP contribution in [0.4, 0.5) is 0 Å². The van der Waals surface area contributed by atoms with Gasteiger partial charge in [0.25, 0.3) is 5.91 Å². The van der Waals surface area contributed by atoms with Gasteiger partial charge in [0.05, 0.1) is 0 Å². The molecule has 0 saturated carbocycles. The van der Waals surface area contributed by atoms with Gasteiger partial charge in [-0.15, -0.1) is 0 Å². The molecule has 0 aliphatic rings. The van der Waals surface area contributed by atoms with E-state index in [2.05, 4.69) is 11.4 Å². The Kier molecular flexibility index (Phi) is 6.69. The number of rotatable bonds is 7. The highest BCUT2D eigenvalue weighted by atomic mass is 16.5. The summed E-state index contributed by atoms with van der Waals surface area (Å²) in [6.45, 7) is 9.79. The third kappa shape index (κ3) is 5.76. The lowest BCUT2D eigenvalue weighted by Gasteiger charge is -2.20. The van der Waals surface area contributed by atoms with E-state index in [0.717, 1.165) is 29.7 Å². The molecular weight excluding hydrogens is 264 g/mol. The molecule has 0 saturated heterocycles. The van der Waals surface area contributed by atoms with Crippen molar-refractivity contribution in [2.45, 2.75) is 65.6 Å². The first-order valence-corrected chi connectivity index (χ1v) is 7.65. The highest BCUT2D eigenvalue weighted by Crippen LogP contribution is 2.22. The average Bonchev–Trinajstić information content (AvgIpc) is 2.40. The number of nitrogens with one attached hydrogen (secondary N) is 1. The lowest BCUT2D eigenvalue weighted by Crippen LogP contribution is -2.41. The number of nitrogens with two attached hydrogens (primary N) is 1. The van der Waals surface area contributed by atoms with Gasteiger partial charge in [-0.1, -0.05) is 24.6 Å². The number of amides is 1. The SMILES string of the molecule is CCC(C)NC(=O)C(C)Oc1ccc(C)cc1CC(C)N. The Balaban J connectivity index is 2.79. The van der Waals surface area contributed by atoms with Gasteiger partial charge >= 0.3 is 0 Å². The summed E-state index contributed by atoms with van der Waals surface area (Å²) in [5.74, 6) is 0.654. The van der Waals surface area contributed by atoms with Gasteiger partial charge in [-0.05, 0) is 52.2 Å². The molecule has 1 aromatic carbocycles. The molecule has 4 nitrogen and oxygen atoms in total. The van der Waals surface area contributed by atoms with E-state index in [9.17, 15) is 4.79 Å². The zero-order valence-corrected chi connectivity index (χ0v) is 13.8. The van der Waals surface area contributed by atoms with Crippen LogP contribution in [-0.2, 0) is 11.2 Å². The molecule has 0 aromatic heterocycles. The van der Waals surface area contributed by atoms with E-state index >= 15 is 0 Å². The molecule has 1 amide bonds. The molecule has 21 heavy (non-hydrogen) atoms. The van der Waals surface area contributed by atoms with Gasteiger partial charge in [0, 0.05) is 12.1 Å². The minimum absolute atomic E-state index is 0.0541. The van der Waals surface area contributed by atoms with Crippen molar-refractivity contribution in [3.8, 4) is 5.75 Å². The second-order valence-electron chi connectivity index (χ2n) is 5.87. The Morgan fingerprint density at radius 3 is 2.57 bits per heavy atom. The maximum Gasteiger partial charge on any atom is 0.260 e. The predicted octanol–water partition coefficient (Wildman–Crippen LogP) is 2.57. The van der Waals surface area contributed by atoms with E-state index in [4.69, 9.17) is 10.5 Å². The summed E-state index contributed by atoms with van der Waals surface area (Å²) in [7, 11) is 0. The van der Waals surface area contributed by atoms with Crippen LogP contribution in [0.2, 0.25) is 0 Å². The quantitative estimate of drug-likeness (QED) is 0.812. The van der Waals surface area contributed by atoms with Crippen LogP contribution >= 0.6 is 0 Å². The predicted molar refractivity (Wildman–Crippen MR) is 86.5 cm³/mol. The molecule has 118 valence electrons. The Hall–Kier alpha value is -1.55. The van der Waals surface area contributed by atoms with Gasteiger partial charge < -0.3 is 15.8 Å². The first-order chi connectivity index (χ1) is 9.83. The molecule has 0 aliphatic carbocycles. The van der Waals surface area contributed by atoms with Crippen molar-refractivity contribution in [3.63, 3.8) is 0 Å². The summed E-state index contributed by atoms with van der Waals surface area (Å²) in [6.07, 6.45) is 1.11. The number of carbonyl (C=O) groups is 1. The minimum atomic E-state index is -0.520. The van der Waals surface area contributed by atoms with E-state index in [-0.39, 0.29) is 18.0 Å². The van der Waals surface area contributed by atoms with Crippen LogP contribution in [0.3, 0.4) is 0 Å². The number of hydrogen-bond donors (Lipinski definition) is 2. The van der Waals surface area contributed by atoms with Gasteiger partial charge in [0.2, 0.25) is 0 Å². The summed E-state index contributed by atoms with van der Waals surface area (Å²) < 4.78 is 5.84. The van der Waals surface area contributed by atoms with Crippen LogP contribution in [0.1, 0.15) is 45.2 Å². The monoisotopic (exact) mass is 292 g/mol. The minimum Gasteiger partial charge on any atom is -0.481 e. The largest absolute Gasteiger partial charge is 0.481 e. The molecule has 0 bridgehead atoms. The zero-order valence-electron chi connectivity index (χ0n) is 13.8. The van der Waals surface area contributed by atoms with Crippen molar-refractivity contribution < 1.29 is 9.53 Å². The van der Waals surface area contributed by atoms with Crippen LogP contribution in [0.15, 0.2) is 18.2 Å². The van der Waals surface area contributed by atoms with Gasteiger partial charge in [-0.2, -0.15) is 0 Å². The molecule has 3 atom stereocenters. The summed E-state index contributed by atoms with van der Waals surface area (Å²) in [5.41, 5.74) is 8.09. The zero-order chi connectivity index (χ0) is 16.0. The van der Waals surface area contributed by atoms with Crippen LogP contribution in [-0.4, -0.2) is 24.1 Å². The maximum atomic E-state index is 12.1. The fourth-order valence-corrected chi connectivity index (χ4v) is 2.04.